The van der Waals surface area contributed by atoms with Crippen LogP contribution >= 0.6 is 15.9 Å². The molecule has 0 aliphatic heterocycles. The zero-order chi connectivity index (χ0) is 17.8. The maximum atomic E-state index is 11.8. The Kier molecular flexibility index (Phi) is 5.18. The Morgan fingerprint density at radius 1 is 1.24 bits per heavy atom. The largest absolute Gasteiger partial charge is 0.434 e. The maximum absolute atomic E-state index is 11.8. The van der Waals surface area contributed by atoms with Crippen LogP contribution in [0.4, 0.5) is 0 Å². The Morgan fingerprint density at radius 2 is 2.04 bits per heavy atom. The molecule has 3 aromatic heterocycles. The van der Waals surface area contributed by atoms with Crippen molar-refractivity contribution in [2.75, 3.05) is 0 Å². The fourth-order valence-corrected chi connectivity index (χ4v) is 3.00. The number of Topliss-reactive ketones (excluding diaryl/α,β-unsaturated/α-hetero) is 1. The molecule has 0 aromatic carbocycles. The van der Waals surface area contributed by atoms with Crippen LogP contribution in [0, 0.1) is 0 Å². The lowest BCUT2D eigenvalue weighted by atomic mass is 10.1. The van der Waals surface area contributed by atoms with E-state index in [1.54, 1.807) is 24.7 Å². The molecule has 3 aromatic rings. The number of carbonyl (C=O) groups is 1. The van der Waals surface area contributed by atoms with Gasteiger partial charge in [-0.2, -0.15) is 0 Å². The van der Waals surface area contributed by atoms with Gasteiger partial charge in [-0.1, -0.05) is 22.9 Å². The van der Waals surface area contributed by atoms with Crippen molar-refractivity contribution in [1.82, 2.24) is 20.2 Å². The number of aromatic amines is 1. The molecule has 0 aliphatic carbocycles. The third kappa shape index (κ3) is 4.08. The van der Waals surface area contributed by atoms with Crippen molar-refractivity contribution in [3.8, 4) is 22.6 Å². The number of halogens is 1. The van der Waals surface area contributed by atoms with E-state index in [-0.39, 0.29) is 11.7 Å². The van der Waals surface area contributed by atoms with Crippen molar-refractivity contribution < 1.29 is 9.21 Å². The summed E-state index contributed by atoms with van der Waals surface area (Å²) in [4.78, 5) is 31.4. The molecule has 0 radical (unpaired) electrons. The molecule has 0 atom stereocenters. The molecule has 0 saturated heterocycles. The van der Waals surface area contributed by atoms with E-state index in [9.17, 15) is 9.59 Å². The van der Waals surface area contributed by atoms with Crippen LogP contribution < -0.4 is 5.76 Å². The fourth-order valence-electron chi connectivity index (χ4n) is 2.41. The van der Waals surface area contributed by atoms with Gasteiger partial charge in [0, 0.05) is 52.7 Å². The van der Waals surface area contributed by atoms with Crippen LogP contribution in [-0.4, -0.2) is 25.9 Å². The van der Waals surface area contributed by atoms with Crippen LogP contribution in [0.15, 0.2) is 44.4 Å². The molecule has 3 rings (SSSR count). The number of nitrogens with zero attached hydrogens (tertiary/aromatic N) is 3. The number of pyridine rings is 2. The number of ketones is 1. The smallest absolute Gasteiger partial charge is 0.388 e. The fraction of sp³-hybridized carbons (Fsp3) is 0.235. The molecule has 0 saturated carbocycles. The second-order valence-electron chi connectivity index (χ2n) is 5.50. The van der Waals surface area contributed by atoms with E-state index in [1.165, 1.54) is 0 Å². The average molecular weight is 403 g/mol. The summed E-state index contributed by atoms with van der Waals surface area (Å²) in [5, 5.41) is 6.02. The van der Waals surface area contributed by atoms with E-state index < -0.39 is 5.76 Å². The molecular formula is C17H15BrN4O3. The van der Waals surface area contributed by atoms with Gasteiger partial charge in [0.15, 0.2) is 0 Å². The topological polar surface area (TPSA) is 102 Å². The number of hydrogen-bond acceptors (Lipinski definition) is 6. The molecule has 3 heterocycles. The van der Waals surface area contributed by atoms with Crippen LogP contribution in [0.25, 0.3) is 22.6 Å². The number of hydrogen-bond donors (Lipinski definition) is 1. The summed E-state index contributed by atoms with van der Waals surface area (Å²) in [5.74, 6) is -0.276. The van der Waals surface area contributed by atoms with Crippen LogP contribution in [0.3, 0.4) is 0 Å². The number of aromatic nitrogens is 4. The number of rotatable bonds is 6. The summed E-state index contributed by atoms with van der Waals surface area (Å²) >= 11 is 3.52. The first-order valence-electron chi connectivity index (χ1n) is 7.74. The third-order valence-corrected chi connectivity index (χ3v) is 4.21. The van der Waals surface area contributed by atoms with Crippen molar-refractivity contribution in [2.45, 2.75) is 26.2 Å². The van der Waals surface area contributed by atoms with Crippen LogP contribution in [0.2, 0.25) is 0 Å². The normalized spacial score (nSPS) is 10.8. The standard InChI is InChI=1S/C17H15BrN4O3/c1-2-3-13(23)5-12-6-15(18)14(9-20-12)10-4-11(8-19-7-10)16-21-22-17(24)25-16/h4,6-9H,2-3,5H2,1H3,(H,22,24). The Bertz CT molecular complexity index is 964. The van der Waals surface area contributed by atoms with Gasteiger partial charge in [-0.05, 0) is 18.6 Å². The van der Waals surface area contributed by atoms with Gasteiger partial charge < -0.3 is 4.42 Å². The molecule has 8 heteroatoms. The molecule has 0 amide bonds. The van der Waals surface area contributed by atoms with Gasteiger partial charge in [0.2, 0.25) is 0 Å². The highest BCUT2D eigenvalue weighted by molar-refractivity contribution is 9.10. The van der Waals surface area contributed by atoms with Gasteiger partial charge >= 0.3 is 5.76 Å². The summed E-state index contributed by atoms with van der Waals surface area (Å²) in [6, 6.07) is 3.64. The minimum absolute atomic E-state index is 0.171. The Labute approximate surface area is 151 Å². The Balaban J connectivity index is 1.89. The van der Waals surface area contributed by atoms with Gasteiger partial charge in [-0.25, -0.2) is 9.89 Å². The van der Waals surface area contributed by atoms with Gasteiger partial charge in [0.05, 0.1) is 5.56 Å². The Morgan fingerprint density at radius 3 is 2.72 bits per heavy atom. The molecular weight excluding hydrogens is 388 g/mol. The summed E-state index contributed by atoms with van der Waals surface area (Å²) in [7, 11) is 0. The third-order valence-electron chi connectivity index (χ3n) is 3.55. The van der Waals surface area contributed by atoms with Gasteiger partial charge in [-0.3, -0.25) is 14.8 Å². The number of carbonyl (C=O) groups excluding carboxylic acids is 1. The van der Waals surface area contributed by atoms with Crippen molar-refractivity contribution >= 4 is 21.7 Å². The van der Waals surface area contributed by atoms with E-state index in [1.807, 2.05) is 13.0 Å². The summed E-state index contributed by atoms with van der Waals surface area (Å²) < 4.78 is 5.76. The summed E-state index contributed by atoms with van der Waals surface area (Å²) in [6.07, 6.45) is 6.64. The highest BCUT2D eigenvalue weighted by Gasteiger charge is 2.12. The minimum atomic E-state index is -0.621. The first-order chi connectivity index (χ1) is 12.1. The second-order valence-corrected chi connectivity index (χ2v) is 6.36. The van der Waals surface area contributed by atoms with Crippen molar-refractivity contribution in [1.29, 1.82) is 0 Å². The van der Waals surface area contributed by atoms with E-state index in [2.05, 4.69) is 36.1 Å². The van der Waals surface area contributed by atoms with E-state index >= 15 is 0 Å². The van der Waals surface area contributed by atoms with Gasteiger partial charge in [-0.15, -0.1) is 5.10 Å². The average Bonchev–Trinajstić information content (AvgIpc) is 3.02. The highest BCUT2D eigenvalue weighted by Crippen LogP contribution is 2.30. The first kappa shape index (κ1) is 17.2. The first-order valence-corrected chi connectivity index (χ1v) is 8.53. The lowest BCUT2D eigenvalue weighted by Crippen LogP contribution is -2.03. The van der Waals surface area contributed by atoms with Gasteiger partial charge in [0.1, 0.15) is 5.78 Å². The number of nitrogens with one attached hydrogen (secondary N) is 1. The molecule has 0 bridgehead atoms. The molecule has 0 spiro atoms. The lowest BCUT2D eigenvalue weighted by molar-refractivity contribution is -0.118. The minimum Gasteiger partial charge on any atom is -0.388 e. The monoisotopic (exact) mass is 402 g/mol. The predicted octanol–water partition coefficient (Wildman–Crippen LogP) is 3.16. The van der Waals surface area contributed by atoms with Crippen LogP contribution in [0.5, 0.6) is 0 Å². The zero-order valence-corrected chi connectivity index (χ0v) is 15.0. The van der Waals surface area contributed by atoms with Crippen LogP contribution in [-0.2, 0) is 11.2 Å². The molecule has 1 N–H and O–H groups in total. The van der Waals surface area contributed by atoms with E-state index in [4.69, 9.17) is 4.42 Å². The molecule has 7 nitrogen and oxygen atoms in total. The molecule has 25 heavy (non-hydrogen) atoms. The van der Waals surface area contributed by atoms with Crippen molar-refractivity contribution in [2.24, 2.45) is 0 Å². The van der Waals surface area contributed by atoms with E-state index in [0.717, 1.165) is 27.7 Å². The predicted molar refractivity (Wildman–Crippen MR) is 94.9 cm³/mol. The SMILES string of the molecule is CCCC(=O)Cc1cc(Br)c(-c2cncc(-c3n[nH]c(=O)o3)c2)cn1. The zero-order valence-electron chi connectivity index (χ0n) is 13.5. The molecule has 0 unspecified atom stereocenters. The van der Waals surface area contributed by atoms with Crippen molar-refractivity contribution in [3.05, 3.63) is 51.4 Å². The van der Waals surface area contributed by atoms with E-state index in [0.29, 0.717) is 18.4 Å². The second kappa shape index (κ2) is 7.52. The summed E-state index contributed by atoms with van der Waals surface area (Å²) in [6.45, 7) is 1.98. The lowest BCUT2D eigenvalue weighted by Gasteiger charge is -2.07. The highest BCUT2D eigenvalue weighted by atomic mass is 79.9. The molecule has 128 valence electrons. The molecule has 0 aliphatic rings. The molecule has 0 fully saturated rings. The van der Waals surface area contributed by atoms with Gasteiger partial charge in [0.25, 0.3) is 5.89 Å². The summed E-state index contributed by atoms with van der Waals surface area (Å²) in [5.41, 5.74) is 2.90. The quantitative estimate of drug-likeness (QED) is 0.679. The van der Waals surface area contributed by atoms with Crippen LogP contribution in [0.1, 0.15) is 25.5 Å². The Hall–Kier alpha value is -2.61. The van der Waals surface area contributed by atoms with Crippen molar-refractivity contribution in [3.63, 3.8) is 0 Å². The number of H-pyrrole nitrogens is 1. The maximum Gasteiger partial charge on any atom is 0.434 e.